The molecule has 0 aliphatic carbocycles. The molecule has 19 heavy (non-hydrogen) atoms. The van der Waals surface area contributed by atoms with Crippen LogP contribution in [0.15, 0.2) is 24.3 Å². The number of hydrogen-bond donors (Lipinski definition) is 1. The maximum Gasteiger partial charge on any atom is 0.166 e. The van der Waals surface area contributed by atoms with Gasteiger partial charge in [0.1, 0.15) is 5.75 Å². The minimum atomic E-state index is 0.140. The van der Waals surface area contributed by atoms with Crippen LogP contribution in [0.4, 0.5) is 0 Å². The van der Waals surface area contributed by atoms with Crippen molar-refractivity contribution in [3.8, 4) is 5.75 Å². The second-order valence-electron chi connectivity index (χ2n) is 5.00. The smallest absolute Gasteiger partial charge is 0.166 e. The molecule has 4 nitrogen and oxygen atoms in total. The first kappa shape index (κ1) is 14.0. The molecule has 0 bridgehead atoms. The number of Topliss-reactive ketones (excluding diaryl/α,β-unsaturated/α-hetero) is 1. The van der Waals surface area contributed by atoms with E-state index in [-0.39, 0.29) is 11.7 Å². The third kappa shape index (κ3) is 3.55. The van der Waals surface area contributed by atoms with E-state index in [4.69, 9.17) is 10.5 Å². The largest absolute Gasteiger partial charge is 0.497 e. The Hall–Kier alpha value is -1.39. The lowest BCUT2D eigenvalue weighted by molar-refractivity contribution is 0.0842. The Balaban J connectivity index is 1.97. The zero-order valence-corrected chi connectivity index (χ0v) is 11.5. The Morgan fingerprint density at radius 1 is 1.42 bits per heavy atom. The number of ketones is 1. The van der Waals surface area contributed by atoms with Crippen LogP contribution in [0.3, 0.4) is 0 Å². The molecule has 1 fully saturated rings. The Labute approximate surface area is 114 Å². The van der Waals surface area contributed by atoms with Gasteiger partial charge in [-0.2, -0.15) is 0 Å². The van der Waals surface area contributed by atoms with E-state index in [0.29, 0.717) is 6.54 Å². The van der Waals surface area contributed by atoms with E-state index in [2.05, 4.69) is 4.90 Å². The quantitative estimate of drug-likeness (QED) is 0.818. The average Bonchev–Trinajstić information content (AvgIpc) is 2.48. The lowest BCUT2D eigenvalue weighted by atomic mass is 9.89. The van der Waals surface area contributed by atoms with E-state index >= 15 is 0 Å². The first-order valence-electron chi connectivity index (χ1n) is 6.85. The molecule has 2 rings (SSSR count). The number of carbonyl (C=O) groups excluding carboxylic acids is 1. The van der Waals surface area contributed by atoms with E-state index in [9.17, 15) is 4.79 Å². The highest BCUT2D eigenvalue weighted by Crippen LogP contribution is 2.23. The van der Waals surface area contributed by atoms with E-state index in [1.165, 1.54) is 0 Å². The highest BCUT2D eigenvalue weighted by atomic mass is 16.5. The van der Waals surface area contributed by atoms with E-state index < -0.39 is 0 Å². The van der Waals surface area contributed by atoms with Gasteiger partial charge in [-0.05, 0) is 38.1 Å². The fraction of sp³-hybridized carbons (Fsp3) is 0.533. The molecule has 1 saturated heterocycles. The van der Waals surface area contributed by atoms with Gasteiger partial charge in [0, 0.05) is 24.6 Å². The van der Waals surface area contributed by atoms with Gasteiger partial charge in [-0.3, -0.25) is 4.79 Å². The molecule has 1 aromatic carbocycles. The lowest BCUT2D eigenvalue weighted by Gasteiger charge is -2.30. The number of nitrogens with two attached hydrogens (primary N) is 1. The van der Waals surface area contributed by atoms with Crippen LogP contribution in [-0.2, 0) is 0 Å². The molecule has 1 aromatic rings. The van der Waals surface area contributed by atoms with Crippen LogP contribution in [0.5, 0.6) is 5.75 Å². The third-order valence-corrected chi connectivity index (χ3v) is 3.76. The van der Waals surface area contributed by atoms with Gasteiger partial charge in [0.25, 0.3) is 0 Å². The SMILES string of the molecule is COc1cccc(C(=O)C2CCN(CCN)CC2)c1. The first-order chi connectivity index (χ1) is 9.24. The summed E-state index contributed by atoms with van der Waals surface area (Å²) in [5.74, 6) is 1.12. The minimum absolute atomic E-state index is 0.140. The molecule has 0 atom stereocenters. The molecule has 1 aliphatic rings. The Morgan fingerprint density at radius 3 is 2.79 bits per heavy atom. The maximum atomic E-state index is 12.4. The van der Waals surface area contributed by atoms with Gasteiger partial charge < -0.3 is 15.4 Å². The molecule has 0 aromatic heterocycles. The van der Waals surface area contributed by atoms with Crippen molar-refractivity contribution < 1.29 is 9.53 Å². The molecule has 0 saturated carbocycles. The number of nitrogens with zero attached hydrogens (tertiary/aromatic N) is 1. The molecule has 1 heterocycles. The highest BCUT2D eigenvalue weighted by Gasteiger charge is 2.25. The second kappa shape index (κ2) is 6.68. The molecule has 0 unspecified atom stereocenters. The van der Waals surface area contributed by atoms with E-state index in [1.54, 1.807) is 7.11 Å². The second-order valence-corrected chi connectivity index (χ2v) is 5.00. The van der Waals surface area contributed by atoms with Crippen molar-refractivity contribution in [3.63, 3.8) is 0 Å². The zero-order valence-electron chi connectivity index (χ0n) is 11.5. The summed E-state index contributed by atoms with van der Waals surface area (Å²) in [6, 6.07) is 7.43. The normalized spacial score (nSPS) is 17.4. The number of ether oxygens (including phenoxy) is 1. The summed E-state index contributed by atoms with van der Waals surface area (Å²) in [5, 5.41) is 0. The van der Waals surface area contributed by atoms with Crippen molar-refractivity contribution in [2.45, 2.75) is 12.8 Å². The maximum absolute atomic E-state index is 12.4. The number of carbonyl (C=O) groups is 1. The van der Waals surface area contributed by atoms with Crippen LogP contribution < -0.4 is 10.5 Å². The van der Waals surface area contributed by atoms with Crippen molar-refractivity contribution in [1.29, 1.82) is 0 Å². The summed E-state index contributed by atoms with van der Waals surface area (Å²) in [5.41, 5.74) is 6.32. The van der Waals surface area contributed by atoms with Gasteiger partial charge in [0.15, 0.2) is 5.78 Å². The van der Waals surface area contributed by atoms with Crippen molar-refractivity contribution in [2.24, 2.45) is 11.7 Å². The topological polar surface area (TPSA) is 55.6 Å². The summed E-state index contributed by atoms with van der Waals surface area (Å²) in [6.45, 7) is 3.56. The van der Waals surface area contributed by atoms with Crippen LogP contribution in [-0.4, -0.2) is 44.0 Å². The fourth-order valence-electron chi connectivity index (χ4n) is 2.61. The summed E-state index contributed by atoms with van der Waals surface area (Å²) in [7, 11) is 1.62. The Morgan fingerprint density at radius 2 is 2.16 bits per heavy atom. The average molecular weight is 262 g/mol. The van der Waals surface area contributed by atoms with Gasteiger partial charge in [-0.25, -0.2) is 0 Å². The summed E-state index contributed by atoms with van der Waals surface area (Å²) < 4.78 is 5.17. The predicted octanol–water partition coefficient (Wildman–Crippen LogP) is 1.55. The first-order valence-corrected chi connectivity index (χ1v) is 6.85. The number of rotatable bonds is 5. The van der Waals surface area contributed by atoms with Gasteiger partial charge in [-0.15, -0.1) is 0 Å². The standard InChI is InChI=1S/C15H22N2O2/c1-19-14-4-2-3-13(11-14)15(18)12-5-8-17(9-6-12)10-7-16/h2-4,11-12H,5-10,16H2,1H3. The summed E-state index contributed by atoms with van der Waals surface area (Å²) in [4.78, 5) is 14.8. The highest BCUT2D eigenvalue weighted by molar-refractivity contribution is 5.98. The summed E-state index contributed by atoms with van der Waals surface area (Å²) >= 11 is 0. The van der Waals surface area contributed by atoms with Crippen molar-refractivity contribution in [1.82, 2.24) is 4.90 Å². The van der Waals surface area contributed by atoms with Crippen molar-refractivity contribution in [3.05, 3.63) is 29.8 Å². The Bertz CT molecular complexity index is 426. The number of hydrogen-bond acceptors (Lipinski definition) is 4. The monoisotopic (exact) mass is 262 g/mol. The van der Waals surface area contributed by atoms with Crippen LogP contribution >= 0.6 is 0 Å². The number of likely N-dealkylation sites (tertiary alicyclic amines) is 1. The van der Waals surface area contributed by atoms with Gasteiger partial charge in [-0.1, -0.05) is 12.1 Å². The summed E-state index contributed by atoms with van der Waals surface area (Å²) in [6.07, 6.45) is 1.85. The van der Waals surface area contributed by atoms with Crippen LogP contribution in [0, 0.1) is 5.92 Å². The molecule has 2 N–H and O–H groups in total. The number of piperidine rings is 1. The van der Waals surface area contributed by atoms with Gasteiger partial charge in [0.2, 0.25) is 0 Å². The van der Waals surface area contributed by atoms with Crippen LogP contribution in [0.25, 0.3) is 0 Å². The number of methoxy groups -OCH3 is 1. The molecule has 104 valence electrons. The zero-order chi connectivity index (χ0) is 13.7. The predicted molar refractivity (Wildman–Crippen MR) is 75.5 cm³/mol. The van der Waals surface area contributed by atoms with Crippen molar-refractivity contribution in [2.75, 3.05) is 33.3 Å². The van der Waals surface area contributed by atoms with Crippen LogP contribution in [0.2, 0.25) is 0 Å². The van der Waals surface area contributed by atoms with Gasteiger partial charge >= 0.3 is 0 Å². The molecular weight excluding hydrogens is 240 g/mol. The van der Waals surface area contributed by atoms with Crippen molar-refractivity contribution >= 4 is 5.78 Å². The molecule has 0 spiro atoms. The molecule has 1 aliphatic heterocycles. The number of benzene rings is 1. The van der Waals surface area contributed by atoms with Crippen LogP contribution in [0.1, 0.15) is 23.2 Å². The van der Waals surface area contributed by atoms with Gasteiger partial charge in [0.05, 0.1) is 7.11 Å². The third-order valence-electron chi connectivity index (χ3n) is 3.76. The Kier molecular flexibility index (Phi) is 4.93. The molecule has 0 amide bonds. The molecular formula is C15H22N2O2. The molecule has 4 heteroatoms. The lowest BCUT2D eigenvalue weighted by Crippen LogP contribution is -2.39. The van der Waals surface area contributed by atoms with E-state index in [1.807, 2.05) is 24.3 Å². The minimum Gasteiger partial charge on any atom is -0.497 e. The fourth-order valence-corrected chi connectivity index (χ4v) is 2.61. The van der Waals surface area contributed by atoms with E-state index in [0.717, 1.165) is 43.8 Å². The molecule has 0 radical (unpaired) electrons.